The van der Waals surface area contributed by atoms with E-state index in [-0.39, 0.29) is 0 Å². The average molecular weight is 270 g/mol. The Morgan fingerprint density at radius 2 is 2.10 bits per heavy atom. The van der Waals surface area contributed by atoms with Crippen molar-refractivity contribution < 1.29 is 5.11 Å². The van der Waals surface area contributed by atoms with Crippen LogP contribution in [0.2, 0.25) is 0 Å². The summed E-state index contributed by atoms with van der Waals surface area (Å²) in [5.74, 6) is 0. The zero-order chi connectivity index (χ0) is 14.0. The first-order valence-corrected chi connectivity index (χ1v) is 7.39. The van der Waals surface area contributed by atoms with Crippen molar-refractivity contribution in [1.29, 1.82) is 0 Å². The number of nitrogens with zero attached hydrogens (tertiary/aromatic N) is 1. The van der Waals surface area contributed by atoms with Crippen molar-refractivity contribution in [2.75, 3.05) is 13.2 Å². The van der Waals surface area contributed by atoms with Crippen LogP contribution in [0.15, 0.2) is 30.3 Å². The molecule has 20 heavy (non-hydrogen) atoms. The van der Waals surface area contributed by atoms with Crippen LogP contribution < -0.4 is 5.32 Å². The van der Waals surface area contributed by atoms with Crippen LogP contribution in [-0.2, 0) is 6.54 Å². The number of fused-ring (bicyclic) bond motifs is 1. The van der Waals surface area contributed by atoms with Gasteiger partial charge in [-0.1, -0.05) is 12.1 Å². The summed E-state index contributed by atoms with van der Waals surface area (Å²) in [4.78, 5) is 4.52. The molecule has 0 unspecified atom stereocenters. The second kappa shape index (κ2) is 5.51. The molecule has 0 radical (unpaired) electrons. The van der Waals surface area contributed by atoms with Gasteiger partial charge in [0.1, 0.15) is 0 Å². The zero-order valence-electron chi connectivity index (χ0n) is 12.0. The van der Waals surface area contributed by atoms with E-state index in [1.165, 1.54) is 23.8 Å². The van der Waals surface area contributed by atoms with E-state index in [1.807, 2.05) is 6.92 Å². The Balaban J connectivity index is 1.62. The van der Waals surface area contributed by atoms with Gasteiger partial charge in [0.05, 0.1) is 5.52 Å². The minimum atomic E-state index is 0.308. The van der Waals surface area contributed by atoms with Crippen molar-refractivity contribution in [3.8, 4) is 0 Å². The summed E-state index contributed by atoms with van der Waals surface area (Å²) >= 11 is 0. The van der Waals surface area contributed by atoms with Gasteiger partial charge in [-0.2, -0.15) is 0 Å². The summed E-state index contributed by atoms with van der Waals surface area (Å²) < 4.78 is 0. The van der Waals surface area contributed by atoms with Gasteiger partial charge >= 0.3 is 0 Å². The van der Waals surface area contributed by atoms with Gasteiger partial charge in [-0.25, -0.2) is 0 Å². The minimum Gasteiger partial charge on any atom is -0.396 e. The van der Waals surface area contributed by atoms with Gasteiger partial charge in [-0.3, -0.25) is 4.98 Å². The molecule has 2 aromatic rings. The van der Waals surface area contributed by atoms with Crippen LogP contribution in [0.25, 0.3) is 10.9 Å². The molecule has 1 aromatic heterocycles. The molecule has 0 amide bonds. The Kier molecular flexibility index (Phi) is 3.72. The van der Waals surface area contributed by atoms with E-state index in [1.54, 1.807) is 0 Å². The summed E-state index contributed by atoms with van der Waals surface area (Å²) in [7, 11) is 0. The number of aromatic nitrogens is 1. The molecular weight excluding hydrogens is 248 g/mol. The standard InChI is InChI=1S/C17H22N2O/c1-13-2-4-15-10-14(3-5-16(15)19-13)11-18-12-17(6-7-17)8-9-20/h2-5,10,18,20H,6-9,11-12H2,1H3. The van der Waals surface area contributed by atoms with E-state index in [4.69, 9.17) is 5.11 Å². The Labute approximate surface area is 120 Å². The molecule has 0 atom stereocenters. The quantitative estimate of drug-likeness (QED) is 0.848. The van der Waals surface area contributed by atoms with Crippen LogP contribution in [-0.4, -0.2) is 23.2 Å². The third-order valence-electron chi connectivity index (χ3n) is 4.32. The normalized spacial score (nSPS) is 16.5. The van der Waals surface area contributed by atoms with Crippen molar-refractivity contribution in [2.24, 2.45) is 5.41 Å². The highest BCUT2D eigenvalue weighted by molar-refractivity contribution is 5.79. The number of pyridine rings is 1. The molecule has 1 aliphatic carbocycles. The van der Waals surface area contributed by atoms with E-state index < -0.39 is 0 Å². The molecule has 0 bridgehead atoms. The summed E-state index contributed by atoms with van der Waals surface area (Å²) in [6.07, 6.45) is 3.43. The largest absolute Gasteiger partial charge is 0.396 e. The predicted molar refractivity (Wildman–Crippen MR) is 81.6 cm³/mol. The van der Waals surface area contributed by atoms with Crippen molar-refractivity contribution >= 4 is 10.9 Å². The lowest BCUT2D eigenvalue weighted by Gasteiger charge is -2.14. The van der Waals surface area contributed by atoms with Crippen LogP contribution in [0, 0.1) is 12.3 Å². The maximum atomic E-state index is 9.06. The van der Waals surface area contributed by atoms with Crippen molar-refractivity contribution in [3.05, 3.63) is 41.6 Å². The van der Waals surface area contributed by atoms with E-state index >= 15 is 0 Å². The highest BCUT2D eigenvalue weighted by Gasteiger charge is 2.41. The van der Waals surface area contributed by atoms with Crippen molar-refractivity contribution in [1.82, 2.24) is 10.3 Å². The third-order valence-corrected chi connectivity index (χ3v) is 4.32. The van der Waals surface area contributed by atoms with E-state index in [2.05, 4.69) is 40.6 Å². The lowest BCUT2D eigenvalue weighted by molar-refractivity contribution is 0.245. The Bertz CT molecular complexity index is 605. The second-order valence-corrected chi connectivity index (χ2v) is 6.06. The second-order valence-electron chi connectivity index (χ2n) is 6.06. The van der Waals surface area contributed by atoms with Crippen molar-refractivity contribution in [2.45, 2.75) is 32.7 Å². The minimum absolute atomic E-state index is 0.308. The fraction of sp³-hybridized carbons (Fsp3) is 0.471. The van der Waals surface area contributed by atoms with Crippen molar-refractivity contribution in [3.63, 3.8) is 0 Å². The highest BCUT2D eigenvalue weighted by Crippen LogP contribution is 2.47. The number of benzene rings is 1. The molecule has 0 spiro atoms. The summed E-state index contributed by atoms with van der Waals surface area (Å²) in [6.45, 7) is 4.22. The summed E-state index contributed by atoms with van der Waals surface area (Å²) in [6, 6.07) is 10.6. The molecule has 1 aromatic carbocycles. The van der Waals surface area contributed by atoms with E-state index in [9.17, 15) is 0 Å². The molecule has 0 aliphatic heterocycles. The van der Waals surface area contributed by atoms with Gasteiger partial charge in [0.25, 0.3) is 0 Å². The number of nitrogens with one attached hydrogen (secondary N) is 1. The van der Waals surface area contributed by atoms with Crippen LogP contribution in [0.4, 0.5) is 0 Å². The molecule has 2 N–H and O–H groups in total. The molecule has 1 fully saturated rings. The van der Waals surface area contributed by atoms with Gasteiger partial charge < -0.3 is 10.4 Å². The zero-order valence-corrected chi connectivity index (χ0v) is 12.0. The van der Waals surface area contributed by atoms with Gasteiger partial charge in [0.2, 0.25) is 0 Å². The maximum absolute atomic E-state index is 9.06. The molecule has 106 valence electrons. The molecule has 3 heteroatoms. The predicted octanol–water partition coefficient (Wildman–Crippen LogP) is 2.80. The summed E-state index contributed by atoms with van der Waals surface area (Å²) in [5, 5.41) is 13.8. The number of aliphatic hydroxyl groups excluding tert-OH is 1. The first-order valence-electron chi connectivity index (χ1n) is 7.39. The van der Waals surface area contributed by atoms with Gasteiger partial charge in [0, 0.05) is 30.8 Å². The number of aliphatic hydroxyl groups is 1. The van der Waals surface area contributed by atoms with Crippen LogP contribution in [0.5, 0.6) is 0 Å². The van der Waals surface area contributed by atoms with Crippen LogP contribution >= 0.6 is 0 Å². The highest BCUT2D eigenvalue weighted by atomic mass is 16.3. The van der Waals surface area contributed by atoms with Crippen LogP contribution in [0.3, 0.4) is 0 Å². The Hall–Kier alpha value is -1.45. The Morgan fingerprint density at radius 3 is 2.85 bits per heavy atom. The van der Waals surface area contributed by atoms with Gasteiger partial charge in [0.15, 0.2) is 0 Å². The molecule has 1 aliphatic rings. The number of aryl methyl sites for hydroxylation is 1. The fourth-order valence-corrected chi connectivity index (χ4v) is 2.79. The topological polar surface area (TPSA) is 45.1 Å². The average Bonchev–Trinajstić information content (AvgIpc) is 3.19. The number of hydrogen-bond acceptors (Lipinski definition) is 3. The van der Waals surface area contributed by atoms with Gasteiger partial charge in [-0.05, 0) is 55.4 Å². The third kappa shape index (κ3) is 3.00. The molecule has 3 nitrogen and oxygen atoms in total. The van der Waals surface area contributed by atoms with E-state index in [0.29, 0.717) is 12.0 Å². The van der Waals surface area contributed by atoms with Gasteiger partial charge in [-0.15, -0.1) is 0 Å². The lowest BCUT2D eigenvalue weighted by Crippen LogP contribution is -2.24. The monoisotopic (exact) mass is 270 g/mol. The first-order chi connectivity index (χ1) is 9.71. The smallest absolute Gasteiger partial charge is 0.0705 e. The first kappa shape index (κ1) is 13.5. The summed E-state index contributed by atoms with van der Waals surface area (Å²) in [5.41, 5.74) is 3.79. The fourth-order valence-electron chi connectivity index (χ4n) is 2.79. The molecule has 1 heterocycles. The van der Waals surface area contributed by atoms with E-state index in [0.717, 1.165) is 30.7 Å². The van der Waals surface area contributed by atoms with Crippen LogP contribution in [0.1, 0.15) is 30.5 Å². The number of rotatable bonds is 6. The lowest BCUT2D eigenvalue weighted by atomic mass is 10.0. The Morgan fingerprint density at radius 1 is 1.25 bits per heavy atom. The molecular formula is C17H22N2O. The number of hydrogen-bond donors (Lipinski definition) is 2. The molecule has 1 saturated carbocycles. The molecule has 3 rings (SSSR count). The maximum Gasteiger partial charge on any atom is 0.0705 e. The molecule has 0 saturated heterocycles. The SMILES string of the molecule is Cc1ccc2cc(CNCC3(CCO)CC3)ccc2n1.